The van der Waals surface area contributed by atoms with Crippen LogP contribution in [0.2, 0.25) is 6.04 Å². The first-order valence-corrected chi connectivity index (χ1v) is 2.47. The van der Waals surface area contributed by atoms with Gasteiger partial charge < -0.3 is 11.2 Å². The van der Waals surface area contributed by atoms with Crippen LogP contribution in [0.15, 0.2) is 0 Å². The predicted molar refractivity (Wildman–Crippen MR) is 27.8 cm³/mol. The van der Waals surface area contributed by atoms with E-state index in [4.69, 9.17) is 5.73 Å². The topological polar surface area (TPSA) is 57.5 Å². The van der Waals surface area contributed by atoms with E-state index in [1.165, 1.54) is 0 Å². The van der Waals surface area contributed by atoms with Gasteiger partial charge in [0, 0.05) is 10.2 Å². The van der Waals surface area contributed by atoms with Gasteiger partial charge in [0.1, 0.15) is 0 Å². The van der Waals surface area contributed by atoms with Gasteiger partial charge in [0.15, 0.2) is 0 Å². The summed E-state index contributed by atoms with van der Waals surface area (Å²) < 4.78 is 0. The Morgan fingerprint density at radius 3 is 2.00 bits per heavy atom. The highest BCUT2D eigenvalue weighted by Gasteiger charge is 1.68. The minimum Gasteiger partial charge on any atom is -0.412 e. The fourth-order valence-corrected chi connectivity index (χ4v) is 0.306. The van der Waals surface area contributed by atoms with Gasteiger partial charge in [-0.25, -0.2) is 0 Å². The molecule has 0 unspecified atom stereocenters. The van der Waals surface area contributed by atoms with Crippen LogP contribution >= 0.6 is 0 Å². The lowest BCUT2D eigenvalue weighted by Gasteiger charge is -1.79. The summed E-state index contributed by atoms with van der Waals surface area (Å²) in [6.07, 6.45) is 1.08. The van der Waals surface area contributed by atoms with Crippen LogP contribution < -0.4 is 5.73 Å². The summed E-state index contributed by atoms with van der Waals surface area (Å²) in [7, 11) is 3.27. The van der Waals surface area contributed by atoms with E-state index in [2.05, 4.69) is 10.2 Å². The van der Waals surface area contributed by atoms with Crippen molar-refractivity contribution >= 4 is 10.2 Å². The maximum absolute atomic E-state index is 5.11. The summed E-state index contributed by atoms with van der Waals surface area (Å²) in [6.45, 7) is 0.795. The van der Waals surface area contributed by atoms with Gasteiger partial charge in [-0.3, -0.25) is 0 Å². The van der Waals surface area contributed by atoms with E-state index in [-0.39, 0.29) is 5.48 Å². The Balaban J connectivity index is 0. The normalized spacial score (nSPS) is 7.00. The van der Waals surface area contributed by atoms with Gasteiger partial charge in [-0.15, -0.1) is 0 Å². The van der Waals surface area contributed by atoms with Crippen molar-refractivity contribution < 1.29 is 5.48 Å². The standard InChI is InChI=1S/C3H8NSi.H2O/c4-2-1-3-5;/h1-4H2;1H2. The molecule has 0 atom stereocenters. The lowest BCUT2D eigenvalue weighted by atomic mass is 10.5. The van der Waals surface area contributed by atoms with E-state index in [1.807, 2.05) is 0 Å². The van der Waals surface area contributed by atoms with Crippen molar-refractivity contribution in [3.05, 3.63) is 0 Å². The van der Waals surface area contributed by atoms with Crippen LogP contribution in [0.5, 0.6) is 0 Å². The Morgan fingerprint density at radius 1 is 1.50 bits per heavy atom. The number of rotatable bonds is 2. The van der Waals surface area contributed by atoms with E-state index in [0.29, 0.717) is 0 Å². The molecule has 6 heavy (non-hydrogen) atoms. The molecule has 0 amide bonds. The van der Waals surface area contributed by atoms with Gasteiger partial charge in [-0.1, -0.05) is 6.04 Å². The smallest absolute Gasteiger partial charge is 0.0222 e. The van der Waals surface area contributed by atoms with Gasteiger partial charge >= 0.3 is 0 Å². The summed E-state index contributed by atoms with van der Waals surface area (Å²) in [6, 6.07) is 1.02. The Kier molecular flexibility index (Phi) is 14.1. The lowest BCUT2D eigenvalue weighted by Crippen LogP contribution is -1.96. The Labute approximate surface area is 41.5 Å². The second-order valence-corrected chi connectivity index (χ2v) is 1.39. The average molecular weight is 104 g/mol. The molecule has 0 aliphatic carbocycles. The molecule has 3 heteroatoms. The molecular formula is C3H10NOSi. The van der Waals surface area contributed by atoms with Crippen molar-refractivity contribution in [2.75, 3.05) is 6.54 Å². The third-order valence-corrected chi connectivity index (χ3v) is 0.734. The van der Waals surface area contributed by atoms with Crippen molar-refractivity contribution in [3.63, 3.8) is 0 Å². The molecule has 37 valence electrons. The highest BCUT2D eigenvalue weighted by atomic mass is 28.1. The first-order valence-electron chi connectivity index (χ1n) is 1.76. The van der Waals surface area contributed by atoms with E-state index in [1.54, 1.807) is 0 Å². The zero-order chi connectivity index (χ0) is 4.12. The van der Waals surface area contributed by atoms with E-state index >= 15 is 0 Å². The van der Waals surface area contributed by atoms with Gasteiger partial charge in [0.05, 0.1) is 0 Å². The molecule has 3 radical (unpaired) electrons. The van der Waals surface area contributed by atoms with Crippen molar-refractivity contribution in [3.8, 4) is 0 Å². The minimum absolute atomic E-state index is 0. The SMILES string of the molecule is NCCC[Si].O. The Hall–Kier alpha value is 0.137. The van der Waals surface area contributed by atoms with Gasteiger partial charge in [-0.2, -0.15) is 0 Å². The molecule has 2 nitrogen and oxygen atoms in total. The Morgan fingerprint density at radius 2 is 2.00 bits per heavy atom. The van der Waals surface area contributed by atoms with Crippen molar-refractivity contribution in [1.82, 2.24) is 0 Å². The zero-order valence-corrected chi connectivity index (χ0v) is 4.70. The maximum Gasteiger partial charge on any atom is 0.0222 e. The number of hydrogen-bond acceptors (Lipinski definition) is 1. The first-order chi connectivity index (χ1) is 2.41. The van der Waals surface area contributed by atoms with Crippen LogP contribution in [-0.2, 0) is 0 Å². The van der Waals surface area contributed by atoms with E-state index < -0.39 is 0 Å². The molecule has 0 aromatic carbocycles. The monoisotopic (exact) mass is 104 g/mol. The molecule has 0 aromatic rings. The molecule has 0 rings (SSSR count). The molecule has 0 fully saturated rings. The number of nitrogens with two attached hydrogens (primary N) is 1. The van der Waals surface area contributed by atoms with Crippen LogP contribution in [0.4, 0.5) is 0 Å². The molecule has 0 aromatic heterocycles. The molecule has 0 saturated carbocycles. The van der Waals surface area contributed by atoms with Crippen molar-refractivity contribution in [2.24, 2.45) is 5.73 Å². The maximum atomic E-state index is 5.11. The third kappa shape index (κ3) is 8.91. The summed E-state index contributed by atoms with van der Waals surface area (Å²) in [5.41, 5.74) is 5.11. The predicted octanol–water partition coefficient (Wildman–Crippen LogP) is -0.903. The average Bonchev–Trinajstić information content (AvgIpc) is 1.41. The summed E-state index contributed by atoms with van der Waals surface area (Å²) in [5, 5.41) is 0. The second-order valence-electron chi connectivity index (χ2n) is 0.892. The van der Waals surface area contributed by atoms with Crippen LogP contribution in [0, 0.1) is 0 Å². The molecule has 4 N–H and O–H groups in total. The van der Waals surface area contributed by atoms with Crippen molar-refractivity contribution in [1.29, 1.82) is 0 Å². The van der Waals surface area contributed by atoms with Crippen LogP contribution in [0.1, 0.15) is 6.42 Å². The molecule has 0 aliphatic heterocycles. The first kappa shape index (κ1) is 9.46. The lowest BCUT2D eigenvalue weighted by molar-refractivity contribution is 0.824. The number of hydrogen-bond donors (Lipinski definition) is 1. The molecule has 0 heterocycles. The molecule has 0 spiro atoms. The van der Waals surface area contributed by atoms with Gasteiger partial charge in [0.2, 0.25) is 0 Å². The zero-order valence-electron chi connectivity index (χ0n) is 3.70. The largest absolute Gasteiger partial charge is 0.412 e. The minimum atomic E-state index is 0. The van der Waals surface area contributed by atoms with Gasteiger partial charge in [-0.05, 0) is 13.0 Å². The van der Waals surface area contributed by atoms with Gasteiger partial charge in [0.25, 0.3) is 0 Å². The van der Waals surface area contributed by atoms with Crippen molar-refractivity contribution in [2.45, 2.75) is 12.5 Å². The molecule has 0 bridgehead atoms. The van der Waals surface area contributed by atoms with Crippen LogP contribution in [0.3, 0.4) is 0 Å². The highest BCUT2D eigenvalue weighted by Crippen LogP contribution is 1.74. The fourth-order valence-electron chi connectivity index (χ4n) is 0.102. The summed E-state index contributed by atoms with van der Waals surface area (Å²) in [5.74, 6) is 0. The molecule has 0 aliphatic rings. The second kappa shape index (κ2) is 8.93. The molecule has 0 saturated heterocycles. The molecular weight excluding hydrogens is 94.1 g/mol. The fraction of sp³-hybridized carbons (Fsp3) is 1.00. The highest BCUT2D eigenvalue weighted by molar-refractivity contribution is 6.08. The quantitative estimate of drug-likeness (QED) is 0.453. The summed E-state index contributed by atoms with van der Waals surface area (Å²) >= 11 is 0. The van der Waals surface area contributed by atoms with E-state index in [0.717, 1.165) is 19.0 Å². The van der Waals surface area contributed by atoms with E-state index in [9.17, 15) is 0 Å². The summed E-state index contributed by atoms with van der Waals surface area (Å²) in [4.78, 5) is 0. The van der Waals surface area contributed by atoms with Crippen LogP contribution in [-0.4, -0.2) is 22.3 Å². The van der Waals surface area contributed by atoms with Crippen LogP contribution in [0.25, 0.3) is 0 Å². The third-order valence-electron chi connectivity index (χ3n) is 0.381. The Bertz CT molecular complexity index is 18.3.